The standard InChI is InChI=1S/C17H23F2NO3S/c1-5-7-14(17(22)23-6-2)24-15-9-13(11(18)8-12(15)19)20-16(21)10(3)4/h8-10,14H,5-7H2,1-4H3,(H,20,21). The highest BCUT2D eigenvalue weighted by atomic mass is 32.2. The van der Waals surface area contributed by atoms with Gasteiger partial charge in [-0.1, -0.05) is 27.2 Å². The number of ether oxygens (including phenoxy) is 1. The smallest absolute Gasteiger partial charge is 0.319 e. The first-order valence-corrected chi connectivity index (χ1v) is 8.81. The topological polar surface area (TPSA) is 55.4 Å². The SMILES string of the molecule is CCCC(Sc1cc(NC(=O)C(C)C)c(F)cc1F)C(=O)OCC. The van der Waals surface area contributed by atoms with Crippen LogP contribution in [0.1, 0.15) is 40.5 Å². The number of hydrogen-bond acceptors (Lipinski definition) is 4. The Bertz CT molecular complexity index is 593. The summed E-state index contributed by atoms with van der Waals surface area (Å²) >= 11 is 0.979. The molecule has 24 heavy (non-hydrogen) atoms. The molecule has 1 amide bonds. The van der Waals surface area contributed by atoms with Crippen LogP contribution in [0, 0.1) is 17.6 Å². The molecular weight excluding hydrogens is 336 g/mol. The molecule has 1 rings (SSSR count). The van der Waals surface area contributed by atoms with Crippen LogP contribution in [-0.4, -0.2) is 23.7 Å². The van der Waals surface area contributed by atoms with Gasteiger partial charge in [0.15, 0.2) is 0 Å². The molecule has 0 bridgehead atoms. The Balaban J connectivity index is 3.04. The van der Waals surface area contributed by atoms with Crippen molar-refractivity contribution in [1.29, 1.82) is 0 Å². The van der Waals surface area contributed by atoms with Gasteiger partial charge in [-0.25, -0.2) is 8.78 Å². The van der Waals surface area contributed by atoms with Crippen molar-refractivity contribution >= 4 is 29.3 Å². The highest BCUT2D eigenvalue weighted by molar-refractivity contribution is 8.00. The molecule has 134 valence electrons. The van der Waals surface area contributed by atoms with Gasteiger partial charge in [-0.3, -0.25) is 9.59 Å². The van der Waals surface area contributed by atoms with Crippen LogP contribution in [0.4, 0.5) is 14.5 Å². The van der Waals surface area contributed by atoms with Crippen molar-refractivity contribution in [3.8, 4) is 0 Å². The maximum absolute atomic E-state index is 14.1. The first-order valence-electron chi connectivity index (χ1n) is 7.93. The van der Waals surface area contributed by atoms with Crippen molar-refractivity contribution in [1.82, 2.24) is 0 Å². The van der Waals surface area contributed by atoms with Gasteiger partial charge in [0.25, 0.3) is 0 Å². The van der Waals surface area contributed by atoms with Gasteiger partial charge < -0.3 is 10.1 Å². The number of carbonyl (C=O) groups is 2. The van der Waals surface area contributed by atoms with Crippen molar-refractivity contribution in [3.05, 3.63) is 23.8 Å². The quantitative estimate of drug-likeness (QED) is 0.553. The summed E-state index contributed by atoms with van der Waals surface area (Å²) in [5.74, 6) is -2.76. The number of thioether (sulfide) groups is 1. The molecule has 1 aromatic carbocycles. The minimum Gasteiger partial charge on any atom is -0.465 e. The van der Waals surface area contributed by atoms with Gasteiger partial charge in [0.1, 0.15) is 16.9 Å². The summed E-state index contributed by atoms with van der Waals surface area (Å²) in [7, 11) is 0. The van der Waals surface area contributed by atoms with Crippen molar-refractivity contribution in [2.45, 2.75) is 50.7 Å². The van der Waals surface area contributed by atoms with E-state index in [0.29, 0.717) is 12.5 Å². The van der Waals surface area contributed by atoms with E-state index in [9.17, 15) is 18.4 Å². The Hall–Kier alpha value is -1.63. The van der Waals surface area contributed by atoms with Crippen LogP contribution in [0.15, 0.2) is 17.0 Å². The van der Waals surface area contributed by atoms with E-state index in [0.717, 1.165) is 18.2 Å². The fourth-order valence-corrected chi connectivity index (χ4v) is 3.05. The third-order valence-electron chi connectivity index (χ3n) is 3.17. The molecule has 1 unspecified atom stereocenters. The largest absolute Gasteiger partial charge is 0.465 e. The molecule has 0 aliphatic carbocycles. The maximum Gasteiger partial charge on any atom is 0.319 e. The second kappa shape index (κ2) is 9.61. The summed E-state index contributed by atoms with van der Waals surface area (Å²) in [4.78, 5) is 23.8. The van der Waals surface area contributed by atoms with Gasteiger partial charge in [0.05, 0.1) is 12.3 Å². The Labute approximate surface area is 145 Å². The number of anilines is 1. The first kappa shape index (κ1) is 20.4. The first-order chi connectivity index (χ1) is 11.3. The van der Waals surface area contributed by atoms with E-state index in [-0.39, 0.29) is 29.0 Å². The van der Waals surface area contributed by atoms with Crippen LogP contribution in [0.3, 0.4) is 0 Å². The predicted molar refractivity (Wildman–Crippen MR) is 91.0 cm³/mol. The molecule has 0 aliphatic heterocycles. The Morgan fingerprint density at radius 2 is 1.88 bits per heavy atom. The van der Waals surface area contributed by atoms with E-state index in [1.54, 1.807) is 20.8 Å². The predicted octanol–water partition coefficient (Wildman–Crippen LogP) is 4.38. The molecule has 4 nitrogen and oxygen atoms in total. The second-order valence-electron chi connectivity index (χ2n) is 5.55. The summed E-state index contributed by atoms with van der Waals surface area (Å²) in [5.41, 5.74) is -0.100. The molecule has 0 saturated heterocycles. The molecule has 7 heteroatoms. The van der Waals surface area contributed by atoms with Crippen LogP contribution >= 0.6 is 11.8 Å². The summed E-state index contributed by atoms with van der Waals surface area (Å²) in [6, 6.07) is 1.93. The number of benzene rings is 1. The number of carbonyl (C=O) groups excluding carboxylic acids is 2. The molecule has 0 aliphatic rings. The number of hydrogen-bond donors (Lipinski definition) is 1. The zero-order chi connectivity index (χ0) is 18.3. The van der Waals surface area contributed by atoms with Crippen LogP contribution in [-0.2, 0) is 14.3 Å². The molecule has 1 aromatic rings. The number of rotatable bonds is 8. The molecule has 0 saturated carbocycles. The summed E-state index contributed by atoms with van der Waals surface area (Å²) in [6.45, 7) is 7.18. The lowest BCUT2D eigenvalue weighted by atomic mass is 10.2. The molecular formula is C17H23F2NO3S. The molecule has 0 aromatic heterocycles. The fourth-order valence-electron chi connectivity index (χ4n) is 1.87. The third kappa shape index (κ3) is 5.78. The van der Waals surface area contributed by atoms with Crippen molar-refractivity contribution in [2.75, 3.05) is 11.9 Å². The minimum atomic E-state index is -0.853. The highest BCUT2D eigenvalue weighted by Gasteiger charge is 2.23. The zero-order valence-corrected chi connectivity index (χ0v) is 15.1. The van der Waals surface area contributed by atoms with Crippen LogP contribution in [0.2, 0.25) is 0 Å². The lowest BCUT2D eigenvalue weighted by Crippen LogP contribution is -2.21. The van der Waals surface area contributed by atoms with E-state index in [4.69, 9.17) is 4.74 Å². The average Bonchev–Trinajstić information content (AvgIpc) is 2.51. The van der Waals surface area contributed by atoms with Crippen LogP contribution in [0.5, 0.6) is 0 Å². The van der Waals surface area contributed by atoms with E-state index in [1.807, 2.05) is 6.92 Å². The highest BCUT2D eigenvalue weighted by Crippen LogP contribution is 2.33. The van der Waals surface area contributed by atoms with E-state index >= 15 is 0 Å². The van der Waals surface area contributed by atoms with E-state index in [1.165, 1.54) is 6.07 Å². The Morgan fingerprint density at radius 3 is 2.42 bits per heavy atom. The number of halogens is 2. The number of esters is 1. The van der Waals surface area contributed by atoms with Gasteiger partial charge in [-0.05, 0) is 19.4 Å². The molecule has 1 atom stereocenters. The number of amides is 1. The zero-order valence-electron chi connectivity index (χ0n) is 14.3. The minimum absolute atomic E-state index is 0.0990. The Kier molecular flexibility index (Phi) is 8.18. The van der Waals surface area contributed by atoms with Gasteiger partial charge in [-0.15, -0.1) is 11.8 Å². The molecule has 0 spiro atoms. The maximum atomic E-state index is 14.1. The summed E-state index contributed by atoms with van der Waals surface area (Å²) < 4.78 is 32.9. The molecule has 0 fully saturated rings. The van der Waals surface area contributed by atoms with Crippen LogP contribution < -0.4 is 5.32 Å². The third-order valence-corrected chi connectivity index (χ3v) is 4.45. The van der Waals surface area contributed by atoms with E-state index < -0.39 is 22.9 Å². The molecule has 1 N–H and O–H groups in total. The Morgan fingerprint density at radius 1 is 1.21 bits per heavy atom. The second-order valence-corrected chi connectivity index (χ2v) is 6.80. The normalized spacial score (nSPS) is 12.1. The molecule has 0 radical (unpaired) electrons. The van der Waals surface area contributed by atoms with Gasteiger partial charge in [0.2, 0.25) is 5.91 Å². The number of nitrogens with one attached hydrogen (secondary N) is 1. The lowest BCUT2D eigenvalue weighted by Gasteiger charge is -2.16. The summed E-state index contributed by atoms with van der Waals surface area (Å²) in [6.07, 6.45) is 1.23. The van der Waals surface area contributed by atoms with Crippen molar-refractivity contribution in [3.63, 3.8) is 0 Å². The van der Waals surface area contributed by atoms with Gasteiger partial charge in [-0.2, -0.15) is 0 Å². The molecule has 0 heterocycles. The van der Waals surface area contributed by atoms with Gasteiger partial charge >= 0.3 is 5.97 Å². The van der Waals surface area contributed by atoms with Gasteiger partial charge in [0, 0.05) is 16.9 Å². The summed E-state index contributed by atoms with van der Waals surface area (Å²) in [5, 5.41) is 1.85. The average molecular weight is 359 g/mol. The van der Waals surface area contributed by atoms with Crippen molar-refractivity contribution < 1.29 is 23.1 Å². The fraction of sp³-hybridized carbons (Fsp3) is 0.529. The van der Waals surface area contributed by atoms with Crippen LogP contribution in [0.25, 0.3) is 0 Å². The van der Waals surface area contributed by atoms with Crippen molar-refractivity contribution in [2.24, 2.45) is 5.92 Å². The monoisotopic (exact) mass is 359 g/mol. The lowest BCUT2D eigenvalue weighted by molar-refractivity contribution is -0.142. The van der Waals surface area contributed by atoms with E-state index in [2.05, 4.69) is 5.32 Å².